The van der Waals surface area contributed by atoms with Crippen molar-refractivity contribution in [3.63, 3.8) is 0 Å². The van der Waals surface area contributed by atoms with Crippen LogP contribution in [-0.4, -0.2) is 8.42 Å². The predicted molar refractivity (Wildman–Crippen MR) is 152 cm³/mol. The molecule has 0 aliphatic heterocycles. The summed E-state index contributed by atoms with van der Waals surface area (Å²) in [5.41, 5.74) is 16.5. The number of nitrogens with two attached hydrogens (primary N) is 2. The highest BCUT2D eigenvalue weighted by Crippen LogP contribution is 2.44. The molecule has 2 saturated carbocycles. The lowest BCUT2D eigenvalue weighted by atomic mass is 10.1. The standard InChI is InChI=1S/C10H8ClNO2S.C10H10N2.C7H5IN2/c11-15(13,14)10-4-1-7(6-12)5-9(10)8-2-3-8;11-6-7-1-4-10(12)9(5-7)8-2-3-8;8-6-3-5(4-9)1-2-7(6)10/h1,4-5,8H,2-3H2;1,4-5,8H,2-3,12H2;1-3H,10H2. The van der Waals surface area contributed by atoms with Gasteiger partial charge in [0.25, 0.3) is 9.05 Å². The molecule has 4 N–H and O–H groups in total. The van der Waals surface area contributed by atoms with Crippen molar-refractivity contribution in [1.82, 2.24) is 0 Å². The first-order chi connectivity index (χ1) is 17.6. The third kappa shape index (κ3) is 8.10. The fraction of sp³-hybridized carbons (Fsp3) is 0.222. The van der Waals surface area contributed by atoms with Crippen molar-refractivity contribution in [3.8, 4) is 18.2 Å². The van der Waals surface area contributed by atoms with Crippen molar-refractivity contribution < 1.29 is 8.42 Å². The minimum atomic E-state index is -3.70. The average Bonchev–Trinajstić information content (AvgIpc) is 3.79. The molecule has 0 radical (unpaired) electrons. The molecule has 37 heavy (non-hydrogen) atoms. The Morgan fingerprint density at radius 3 is 1.62 bits per heavy atom. The molecule has 0 amide bonds. The highest BCUT2D eigenvalue weighted by molar-refractivity contribution is 14.1. The SMILES string of the molecule is N#Cc1ccc(N)c(C2CC2)c1.N#Cc1ccc(N)c(I)c1.N#Cc1ccc(S(=O)(=O)Cl)c(C2CC2)c1. The summed E-state index contributed by atoms with van der Waals surface area (Å²) in [6.07, 6.45) is 4.38. The summed E-state index contributed by atoms with van der Waals surface area (Å²) in [6.45, 7) is 0. The Hall–Kier alpha value is -3.30. The third-order valence-corrected chi connectivity index (χ3v) is 8.11. The van der Waals surface area contributed by atoms with Gasteiger partial charge < -0.3 is 11.5 Å². The van der Waals surface area contributed by atoms with E-state index in [2.05, 4.69) is 28.7 Å². The quantitative estimate of drug-likeness (QED) is 0.197. The molecule has 0 bridgehead atoms. The molecule has 3 aromatic rings. The van der Waals surface area contributed by atoms with E-state index in [4.69, 9.17) is 37.9 Å². The van der Waals surface area contributed by atoms with Crippen molar-refractivity contribution in [3.05, 3.63) is 86.0 Å². The van der Waals surface area contributed by atoms with Gasteiger partial charge in [-0.2, -0.15) is 15.8 Å². The maximum absolute atomic E-state index is 11.3. The van der Waals surface area contributed by atoms with Gasteiger partial charge in [0.15, 0.2) is 0 Å². The van der Waals surface area contributed by atoms with E-state index in [1.807, 2.05) is 24.3 Å². The Bertz CT molecular complexity index is 1550. The number of benzene rings is 3. The first-order valence-electron chi connectivity index (χ1n) is 11.3. The normalized spacial score (nSPS) is 13.9. The first-order valence-corrected chi connectivity index (χ1v) is 14.7. The number of halogens is 2. The number of nitriles is 3. The second kappa shape index (κ2) is 12.3. The van der Waals surface area contributed by atoms with E-state index in [0.29, 0.717) is 28.2 Å². The zero-order chi connectivity index (χ0) is 27.2. The summed E-state index contributed by atoms with van der Waals surface area (Å²) >= 11 is 2.10. The number of hydrogen-bond acceptors (Lipinski definition) is 7. The molecule has 2 aliphatic rings. The largest absolute Gasteiger partial charge is 0.398 e. The minimum absolute atomic E-state index is 0.144. The van der Waals surface area contributed by atoms with Crippen LogP contribution < -0.4 is 11.5 Å². The lowest BCUT2D eigenvalue weighted by Crippen LogP contribution is -1.97. The summed E-state index contributed by atoms with van der Waals surface area (Å²) in [4.78, 5) is 0.144. The van der Waals surface area contributed by atoms with Gasteiger partial charge in [0.05, 0.1) is 39.8 Å². The second-order valence-corrected chi connectivity index (χ2v) is 12.4. The van der Waals surface area contributed by atoms with Crippen molar-refractivity contribution in [2.45, 2.75) is 42.4 Å². The van der Waals surface area contributed by atoms with Crippen LogP contribution in [0.25, 0.3) is 0 Å². The number of nitrogens with zero attached hydrogens (tertiary/aromatic N) is 3. The summed E-state index contributed by atoms with van der Waals surface area (Å²) in [6, 6.07) is 21.4. The van der Waals surface area contributed by atoms with Gasteiger partial charge in [0, 0.05) is 25.6 Å². The lowest BCUT2D eigenvalue weighted by molar-refractivity contribution is 0.608. The molecule has 7 nitrogen and oxygen atoms in total. The monoisotopic (exact) mass is 643 g/mol. The molecule has 0 atom stereocenters. The molecule has 10 heteroatoms. The maximum Gasteiger partial charge on any atom is 0.261 e. The van der Waals surface area contributed by atoms with Crippen molar-refractivity contribution in [2.75, 3.05) is 11.5 Å². The smallest absolute Gasteiger partial charge is 0.261 e. The zero-order valence-corrected chi connectivity index (χ0v) is 23.4. The van der Waals surface area contributed by atoms with Crippen molar-refractivity contribution >= 4 is 53.7 Å². The lowest BCUT2D eigenvalue weighted by Gasteiger charge is -2.05. The highest BCUT2D eigenvalue weighted by Gasteiger charge is 2.30. The van der Waals surface area contributed by atoms with E-state index < -0.39 is 9.05 Å². The van der Waals surface area contributed by atoms with Gasteiger partial charge in [0.2, 0.25) is 0 Å². The summed E-state index contributed by atoms with van der Waals surface area (Å²) in [7, 11) is 1.62. The van der Waals surface area contributed by atoms with Crippen LogP contribution in [0.15, 0.2) is 59.5 Å². The van der Waals surface area contributed by atoms with E-state index >= 15 is 0 Å². The van der Waals surface area contributed by atoms with Crippen LogP contribution in [0, 0.1) is 37.6 Å². The van der Waals surface area contributed by atoms with Crippen LogP contribution in [0.3, 0.4) is 0 Å². The molecule has 0 aromatic heterocycles. The molecule has 5 rings (SSSR count). The number of hydrogen-bond donors (Lipinski definition) is 2. The van der Waals surface area contributed by atoms with Gasteiger partial charge in [-0.3, -0.25) is 0 Å². The highest BCUT2D eigenvalue weighted by atomic mass is 127. The summed E-state index contributed by atoms with van der Waals surface area (Å²) < 4.78 is 23.5. The Morgan fingerprint density at radius 1 is 0.730 bits per heavy atom. The predicted octanol–water partition coefficient (Wildman–Crippen LogP) is 6.13. The Kier molecular flexibility index (Phi) is 9.39. The van der Waals surface area contributed by atoms with E-state index in [1.54, 1.807) is 30.3 Å². The van der Waals surface area contributed by atoms with Crippen LogP contribution in [0.1, 0.15) is 65.3 Å². The number of rotatable bonds is 3. The van der Waals surface area contributed by atoms with Crippen LogP contribution in [0.2, 0.25) is 0 Å². The molecule has 0 spiro atoms. The van der Waals surface area contributed by atoms with Gasteiger partial charge in [-0.25, -0.2) is 8.42 Å². The van der Waals surface area contributed by atoms with E-state index in [0.717, 1.165) is 33.4 Å². The van der Waals surface area contributed by atoms with Gasteiger partial charge in [-0.15, -0.1) is 0 Å². The van der Waals surface area contributed by atoms with Crippen LogP contribution in [0.4, 0.5) is 11.4 Å². The van der Waals surface area contributed by atoms with Gasteiger partial charge in [-0.1, -0.05) is 0 Å². The van der Waals surface area contributed by atoms with E-state index in [-0.39, 0.29) is 10.8 Å². The molecular weight excluding hydrogens is 621 g/mol. The minimum Gasteiger partial charge on any atom is -0.398 e. The average molecular weight is 644 g/mol. The fourth-order valence-corrected chi connectivity index (χ4v) is 5.22. The maximum atomic E-state index is 11.3. The number of nitrogen functional groups attached to an aromatic ring is 2. The second-order valence-electron chi connectivity index (χ2n) is 8.65. The Morgan fingerprint density at radius 2 is 1.16 bits per heavy atom. The molecule has 3 aromatic carbocycles. The van der Waals surface area contributed by atoms with Crippen molar-refractivity contribution in [2.24, 2.45) is 0 Å². The van der Waals surface area contributed by atoms with Crippen LogP contribution in [-0.2, 0) is 9.05 Å². The number of anilines is 2. The molecule has 0 saturated heterocycles. The van der Waals surface area contributed by atoms with Gasteiger partial charge in [0.1, 0.15) is 0 Å². The Balaban J connectivity index is 0.000000158. The van der Waals surface area contributed by atoms with Crippen LogP contribution in [0.5, 0.6) is 0 Å². The topological polar surface area (TPSA) is 158 Å². The molecule has 0 heterocycles. The van der Waals surface area contributed by atoms with E-state index in [1.165, 1.54) is 25.0 Å². The van der Waals surface area contributed by atoms with Gasteiger partial charge in [-0.05, 0) is 126 Å². The van der Waals surface area contributed by atoms with Gasteiger partial charge >= 0.3 is 0 Å². The zero-order valence-electron chi connectivity index (χ0n) is 19.7. The molecule has 188 valence electrons. The van der Waals surface area contributed by atoms with Crippen molar-refractivity contribution in [1.29, 1.82) is 15.8 Å². The summed E-state index contributed by atoms with van der Waals surface area (Å²) in [5, 5.41) is 25.8. The summed E-state index contributed by atoms with van der Waals surface area (Å²) in [5.74, 6) is 0.875. The fourth-order valence-electron chi connectivity index (χ4n) is 3.54. The molecule has 2 aliphatic carbocycles. The first kappa shape index (κ1) is 28.3. The third-order valence-electron chi connectivity index (χ3n) is 5.78. The van der Waals surface area contributed by atoms with Crippen LogP contribution >= 0.6 is 33.3 Å². The van der Waals surface area contributed by atoms with E-state index in [9.17, 15) is 8.42 Å². The Labute approximate surface area is 234 Å². The molecular formula is C27H23ClIN5O2S. The molecule has 2 fully saturated rings. The molecule has 0 unspecified atom stereocenters.